The van der Waals surface area contributed by atoms with Gasteiger partial charge in [0, 0.05) is 24.9 Å². The van der Waals surface area contributed by atoms with Crippen molar-refractivity contribution in [3.63, 3.8) is 0 Å². The van der Waals surface area contributed by atoms with Crippen LogP contribution in [0, 0.1) is 6.92 Å². The summed E-state index contributed by atoms with van der Waals surface area (Å²) in [4.78, 5) is 16.9. The average Bonchev–Trinajstić information content (AvgIpc) is 2.96. The van der Waals surface area contributed by atoms with E-state index in [0.29, 0.717) is 23.0 Å². The Morgan fingerprint density at radius 2 is 2.00 bits per heavy atom. The van der Waals surface area contributed by atoms with E-state index in [1.807, 2.05) is 6.92 Å². The van der Waals surface area contributed by atoms with Gasteiger partial charge in [-0.2, -0.15) is 4.31 Å². The van der Waals surface area contributed by atoms with Gasteiger partial charge in [0.2, 0.25) is 10.0 Å². The summed E-state index contributed by atoms with van der Waals surface area (Å²) in [6, 6.07) is 6.50. The molecule has 1 aliphatic rings. The van der Waals surface area contributed by atoms with Crippen LogP contribution >= 0.6 is 11.3 Å². The highest BCUT2D eigenvalue weighted by Gasteiger charge is 2.30. The first kappa shape index (κ1) is 16.9. The van der Waals surface area contributed by atoms with Crippen LogP contribution in [0.4, 0.5) is 9.93 Å². The molecule has 9 heteroatoms. The third-order valence-corrected chi connectivity index (χ3v) is 6.66. The molecule has 7 nitrogen and oxygen atoms in total. The summed E-state index contributed by atoms with van der Waals surface area (Å²) >= 11 is 1.31. The fraction of sp³-hybridized carbons (Fsp3) is 0.333. The normalized spacial score (nSPS) is 14.9. The van der Waals surface area contributed by atoms with E-state index in [9.17, 15) is 13.2 Å². The highest BCUT2D eigenvalue weighted by molar-refractivity contribution is 7.89. The lowest BCUT2D eigenvalue weighted by Gasteiger charge is -2.25. The molecule has 0 bridgehead atoms. The number of aryl methyl sites for hydroxylation is 1. The lowest BCUT2D eigenvalue weighted by molar-refractivity contribution is 0.254. The number of fused-ring (bicyclic) bond motifs is 1. The summed E-state index contributed by atoms with van der Waals surface area (Å²) in [5, 5.41) is 5.57. The molecule has 0 atom stereocenters. The number of amides is 2. The van der Waals surface area contributed by atoms with Crippen LogP contribution < -0.4 is 10.6 Å². The molecule has 2 heterocycles. The number of aromatic nitrogens is 1. The van der Waals surface area contributed by atoms with E-state index in [1.54, 1.807) is 24.3 Å². The number of sulfonamides is 1. The van der Waals surface area contributed by atoms with Gasteiger partial charge in [0.05, 0.1) is 17.1 Å². The van der Waals surface area contributed by atoms with Crippen LogP contribution in [0.15, 0.2) is 29.2 Å². The lowest BCUT2D eigenvalue weighted by Crippen LogP contribution is -2.35. The molecule has 0 saturated carbocycles. The Labute approximate surface area is 144 Å². The predicted molar refractivity (Wildman–Crippen MR) is 92.7 cm³/mol. The van der Waals surface area contributed by atoms with E-state index in [-0.39, 0.29) is 12.6 Å². The van der Waals surface area contributed by atoms with Crippen molar-refractivity contribution in [1.29, 1.82) is 0 Å². The summed E-state index contributed by atoms with van der Waals surface area (Å²) in [5.74, 6) is 0. The maximum atomic E-state index is 12.8. The number of rotatable bonds is 3. The third kappa shape index (κ3) is 3.28. The molecule has 3 rings (SSSR count). The van der Waals surface area contributed by atoms with Crippen molar-refractivity contribution in [1.82, 2.24) is 14.6 Å². The summed E-state index contributed by atoms with van der Waals surface area (Å²) in [6.45, 7) is 2.58. The minimum absolute atomic E-state index is 0.276. The highest BCUT2D eigenvalue weighted by Crippen LogP contribution is 2.31. The fourth-order valence-corrected chi connectivity index (χ4v) is 4.96. The zero-order valence-electron chi connectivity index (χ0n) is 13.4. The maximum Gasteiger partial charge on any atom is 0.320 e. The van der Waals surface area contributed by atoms with Crippen LogP contribution in [0.3, 0.4) is 0 Å². The monoisotopic (exact) mass is 366 g/mol. The number of hydrogen-bond acceptors (Lipinski definition) is 5. The lowest BCUT2D eigenvalue weighted by atomic mass is 10.2. The Balaban J connectivity index is 1.81. The van der Waals surface area contributed by atoms with Crippen molar-refractivity contribution in [3.05, 3.63) is 40.4 Å². The molecule has 128 valence electrons. The van der Waals surface area contributed by atoms with E-state index < -0.39 is 10.0 Å². The molecule has 0 saturated heterocycles. The first-order valence-corrected chi connectivity index (χ1v) is 9.70. The fourth-order valence-electron chi connectivity index (χ4n) is 2.45. The summed E-state index contributed by atoms with van der Waals surface area (Å²) in [6.07, 6.45) is 0.534. The quantitative estimate of drug-likeness (QED) is 0.868. The topological polar surface area (TPSA) is 91.4 Å². The summed E-state index contributed by atoms with van der Waals surface area (Å²) in [5.41, 5.74) is 1.86. The van der Waals surface area contributed by atoms with Gasteiger partial charge in [-0.25, -0.2) is 18.2 Å². The minimum Gasteiger partial charge on any atom is -0.341 e. The molecule has 0 fully saturated rings. The Bertz CT molecular complexity index is 859. The molecule has 2 aromatic rings. The second-order valence-corrected chi connectivity index (χ2v) is 8.52. The average molecular weight is 366 g/mol. The van der Waals surface area contributed by atoms with Crippen molar-refractivity contribution in [3.8, 4) is 0 Å². The molecule has 1 aromatic heterocycles. The molecule has 0 spiro atoms. The first-order chi connectivity index (χ1) is 11.4. The van der Waals surface area contributed by atoms with Crippen LogP contribution in [0.25, 0.3) is 0 Å². The van der Waals surface area contributed by atoms with Gasteiger partial charge in [-0.05, 0) is 19.1 Å². The highest BCUT2D eigenvalue weighted by atomic mass is 32.2. The van der Waals surface area contributed by atoms with Crippen molar-refractivity contribution >= 4 is 32.5 Å². The largest absolute Gasteiger partial charge is 0.341 e. The number of carbonyl (C=O) groups excluding carboxylic acids is 1. The van der Waals surface area contributed by atoms with Crippen LogP contribution in [-0.4, -0.2) is 37.3 Å². The van der Waals surface area contributed by atoms with E-state index in [2.05, 4.69) is 15.6 Å². The Morgan fingerprint density at radius 1 is 1.29 bits per heavy atom. The van der Waals surface area contributed by atoms with Gasteiger partial charge in [0.1, 0.15) is 0 Å². The van der Waals surface area contributed by atoms with Gasteiger partial charge >= 0.3 is 6.03 Å². The SMILES string of the molecule is CNC(=O)Nc1nc2c(s1)CN(S(=O)(=O)c1ccc(C)cc1)CC2. The van der Waals surface area contributed by atoms with Crippen molar-refractivity contribution < 1.29 is 13.2 Å². The van der Waals surface area contributed by atoms with Crippen LogP contribution in [-0.2, 0) is 23.0 Å². The van der Waals surface area contributed by atoms with Crippen LogP contribution in [0.5, 0.6) is 0 Å². The molecule has 0 radical (unpaired) electrons. The number of anilines is 1. The Hall–Kier alpha value is -1.97. The van der Waals surface area contributed by atoms with E-state index >= 15 is 0 Å². The standard InChI is InChI=1S/C15H18N4O3S2/c1-10-3-5-11(6-4-10)24(21,22)19-8-7-12-13(9-19)23-15(17-12)18-14(20)16-2/h3-6H,7-9H2,1-2H3,(H2,16,17,18,20). The van der Waals surface area contributed by atoms with Crippen LogP contribution in [0.1, 0.15) is 16.1 Å². The molecular formula is C15H18N4O3S2. The van der Waals surface area contributed by atoms with Gasteiger partial charge < -0.3 is 5.32 Å². The number of carbonyl (C=O) groups is 1. The van der Waals surface area contributed by atoms with E-state index in [1.165, 1.54) is 22.7 Å². The zero-order valence-corrected chi connectivity index (χ0v) is 15.0. The van der Waals surface area contributed by atoms with Crippen molar-refractivity contribution in [2.75, 3.05) is 18.9 Å². The first-order valence-electron chi connectivity index (χ1n) is 7.44. The summed E-state index contributed by atoms with van der Waals surface area (Å²) in [7, 11) is -2.00. The van der Waals surface area contributed by atoms with Gasteiger partial charge in [0.25, 0.3) is 0 Å². The molecule has 0 unspecified atom stereocenters. The third-order valence-electron chi connectivity index (χ3n) is 3.80. The number of thiazole rings is 1. The Kier molecular flexibility index (Phi) is 4.57. The van der Waals surface area contributed by atoms with Gasteiger partial charge in [-0.3, -0.25) is 5.32 Å². The van der Waals surface area contributed by atoms with Gasteiger partial charge in [0.15, 0.2) is 5.13 Å². The minimum atomic E-state index is -3.53. The molecule has 2 amide bonds. The Morgan fingerprint density at radius 3 is 2.67 bits per heavy atom. The van der Waals surface area contributed by atoms with Crippen molar-refractivity contribution in [2.45, 2.75) is 24.8 Å². The molecule has 1 aromatic carbocycles. The second kappa shape index (κ2) is 6.50. The van der Waals surface area contributed by atoms with E-state index in [4.69, 9.17) is 0 Å². The molecule has 0 aliphatic carbocycles. The van der Waals surface area contributed by atoms with Crippen LogP contribution in [0.2, 0.25) is 0 Å². The molecule has 1 aliphatic heterocycles. The number of nitrogens with zero attached hydrogens (tertiary/aromatic N) is 2. The smallest absolute Gasteiger partial charge is 0.320 e. The molecule has 24 heavy (non-hydrogen) atoms. The van der Waals surface area contributed by atoms with Crippen molar-refractivity contribution in [2.24, 2.45) is 0 Å². The van der Waals surface area contributed by atoms with Gasteiger partial charge in [-0.1, -0.05) is 29.0 Å². The number of urea groups is 1. The second-order valence-electron chi connectivity index (χ2n) is 5.49. The maximum absolute atomic E-state index is 12.8. The predicted octanol–water partition coefficient (Wildman–Crippen LogP) is 1.95. The van der Waals surface area contributed by atoms with E-state index in [0.717, 1.165) is 16.1 Å². The zero-order chi connectivity index (χ0) is 17.3. The number of nitrogens with one attached hydrogen (secondary N) is 2. The summed E-state index contributed by atoms with van der Waals surface area (Å²) < 4.78 is 27.0. The molecular weight excluding hydrogens is 348 g/mol. The number of hydrogen-bond donors (Lipinski definition) is 2. The molecule has 2 N–H and O–H groups in total. The number of benzene rings is 1. The van der Waals surface area contributed by atoms with Gasteiger partial charge in [-0.15, -0.1) is 0 Å².